The number of fused-ring (bicyclic) bond motifs is 1. The lowest BCUT2D eigenvalue weighted by Gasteiger charge is -2.30. The molecule has 0 atom stereocenters. The molecule has 1 fully saturated rings. The highest BCUT2D eigenvalue weighted by Crippen LogP contribution is 2.31. The Labute approximate surface area is 193 Å². The Bertz CT molecular complexity index is 1360. The maximum Gasteiger partial charge on any atom is 0.263 e. The molecule has 4 aromatic rings. The average Bonchev–Trinajstić information content (AvgIpc) is 3.27. The third kappa shape index (κ3) is 4.37. The summed E-state index contributed by atoms with van der Waals surface area (Å²) in [6.45, 7) is 2.60. The molecule has 1 amide bonds. The SMILES string of the molecule is O=C(Cn1cnc2scc(-c3ccc(F)cc3)c2c1=O)Nc1ccccc1N1CCOCC1. The van der Waals surface area contributed by atoms with Gasteiger partial charge in [-0.1, -0.05) is 24.3 Å². The van der Waals surface area contributed by atoms with Gasteiger partial charge in [0.05, 0.1) is 36.3 Å². The maximum absolute atomic E-state index is 13.3. The second kappa shape index (κ2) is 9.13. The number of thiophene rings is 1. The van der Waals surface area contributed by atoms with Crippen LogP contribution in [0.5, 0.6) is 0 Å². The Morgan fingerprint density at radius 2 is 1.88 bits per heavy atom. The summed E-state index contributed by atoms with van der Waals surface area (Å²) in [5.74, 6) is -0.666. The van der Waals surface area contributed by atoms with Crippen molar-refractivity contribution >= 4 is 38.8 Å². The summed E-state index contributed by atoms with van der Waals surface area (Å²) in [7, 11) is 0. The van der Waals surface area contributed by atoms with Gasteiger partial charge in [-0.3, -0.25) is 14.2 Å². The smallest absolute Gasteiger partial charge is 0.263 e. The molecule has 1 N–H and O–H groups in total. The summed E-state index contributed by atoms with van der Waals surface area (Å²) < 4.78 is 20.0. The largest absolute Gasteiger partial charge is 0.378 e. The highest BCUT2D eigenvalue weighted by atomic mass is 32.1. The van der Waals surface area contributed by atoms with E-state index >= 15 is 0 Å². The van der Waals surface area contributed by atoms with Crippen LogP contribution in [0.1, 0.15) is 0 Å². The monoisotopic (exact) mass is 464 g/mol. The molecule has 5 rings (SSSR count). The van der Waals surface area contributed by atoms with Gasteiger partial charge in [0.25, 0.3) is 5.56 Å². The molecule has 9 heteroatoms. The zero-order chi connectivity index (χ0) is 22.8. The molecule has 1 aliphatic rings. The Morgan fingerprint density at radius 1 is 1.12 bits per heavy atom. The van der Waals surface area contributed by atoms with Crippen LogP contribution in [0.15, 0.2) is 65.0 Å². The van der Waals surface area contributed by atoms with Crippen LogP contribution in [0.25, 0.3) is 21.3 Å². The summed E-state index contributed by atoms with van der Waals surface area (Å²) in [5, 5.41) is 5.19. The molecule has 2 aromatic carbocycles. The minimum absolute atomic E-state index is 0.169. The quantitative estimate of drug-likeness (QED) is 0.487. The van der Waals surface area contributed by atoms with Crippen LogP contribution in [-0.4, -0.2) is 41.8 Å². The van der Waals surface area contributed by atoms with Crippen molar-refractivity contribution in [3.05, 3.63) is 76.4 Å². The number of benzene rings is 2. The van der Waals surface area contributed by atoms with Crippen molar-refractivity contribution in [3.63, 3.8) is 0 Å². The van der Waals surface area contributed by atoms with E-state index in [9.17, 15) is 14.0 Å². The summed E-state index contributed by atoms with van der Waals surface area (Å²) >= 11 is 1.34. The van der Waals surface area contributed by atoms with E-state index in [0.29, 0.717) is 34.7 Å². The Balaban J connectivity index is 1.40. The number of aromatic nitrogens is 2. The lowest BCUT2D eigenvalue weighted by atomic mass is 10.1. The molecule has 0 bridgehead atoms. The number of hydrogen-bond donors (Lipinski definition) is 1. The topological polar surface area (TPSA) is 76.5 Å². The van der Waals surface area contributed by atoms with Gasteiger partial charge in [-0.15, -0.1) is 11.3 Å². The van der Waals surface area contributed by atoms with Crippen molar-refractivity contribution in [1.29, 1.82) is 0 Å². The fourth-order valence-electron chi connectivity index (χ4n) is 3.93. The van der Waals surface area contributed by atoms with Gasteiger partial charge in [-0.25, -0.2) is 9.37 Å². The van der Waals surface area contributed by atoms with Gasteiger partial charge in [0.1, 0.15) is 17.2 Å². The van der Waals surface area contributed by atoms with Gasteiger partial charge < -0.3 is 15.0 Å². The molecular formula is C24H21FN4O3S. The third-order valence-corrected chi connectivity index (χ3v) is 6.45. The molecule has 168 valence electrons. The van der Waals surface area contributed by atoms with Gasteiger partial charge in [-0.05, 0) is 29.8 Å². The minimum Gasteiger partial charge on any atom is -0.378 e. The van der Waals surface area contributed by atoms with Gasteiger partial charge in [-0.2, -0.15) is 0 Å². The lowest BCUT2D eigenvalue weighted by molar-refractivity contribution is -0.116. The van der Waals surface area contributed by atoms with Gasteiger partial charge in [0.2, 0.25) is 5.91 Å². The predicted octanol–water partition coefficient (Wildman–Crippen LogP) is 3.74. The molecule has 0 unspecified atom stereocenters. The predicted molar refractivity (Wildman–Crippen MR) is 127 cm³/mol. The van der Waals surface area contributed by atoms with Crippen molar-refractivity contribution < 1.29 is 13.9 Å². The van der Waals surface area contributed by atoms with Crippen LogP contribution in [0, 0.1) is 5.82 Å². The lowest BCUT2D eigenvalue weighted by Crippen LogP contribution is -2.37. The minimum atomic E-state index is -0.345. The average molecular weight is 465 g/mol. The number of halogens is 1. The number of hydrogen-bond acceptors (Lipinski definition) is 6. The molecule has 33 heavy (non-hydrogen) atoms. The number of para-hydroxylation sites is 2. The molecule has 3 heterocycles. The number of nitrogens with one attached hydrogen (secondary N) is 1. The first-order valence-electron chi connectivity index (χ1n) is 10.5. The number of morpholine rings is 1. The third-order valence-electron chi connectivity index (χ3n) is 5.56. The summed E-state index contributed by atoms with van der Waals surface area (Å²) in [4.78, 5) is 33.2. The van der Waals surface area contributed by atoms with Crippen LogP contribution in [0.4, 0.5) is 15.8 Å². The number of carbonyl (C=O) groups is 1. The van der Waals surface area contributed by atoms with E-state index in [1.165, 1.54) is 34.4 Å². The number of ether oxygens (including phenoxy) is 1. The van der Waals surface area contributed by atoms with Crippen molar-refractivity contribution in [2.75, 3.05) is 36.5 Å². The second-order valence-corrected chi connectivity index (χ2v) is 8.54. The number of rotatable bonds is 5. The molecule has 1 aliphatic heterocycles. The molecule has 0 aliphatic carbocycles. The first-order chi connectivity index (χ1) is 16.1. The van der Waals surface area contributed by atoms with E-state index in [-0.39, 0.29) is 23.8 Å². The van der Waals surface area contributed by atoms with Crippen molar-refractivity contribution in [2.24, 2.45) is 0 Å². The van der Waals surface area contributed by atoms with Crippen LogP contribution >= 0.6 is 11.3 Å². The Morgan fingerprint density at radius 3 is 2.67 bits per heavy atom. The Hall–Kier alpha value is -3.56. The van der Waals surface area contributed by atoms with Crippen molar-refractivity contribution in [2.45, 2.75) is 6.54 Å². The zero-order valence-corrected chi connectivity index (χ0v) is 18.5. The maximum atomic E-state index is 13.3. The molecule has 0 spiro atoms. The van der Waals surface area contributed by atoms with E-state index in [4.69, 9.17) is 4.74 Å². The Kier molecular flexibility index (Phi) is 5.89. The van der Waals surface area contributed by atoms with Crippen LogP contribution in [0.2, 0.25) is 0 Å². The van der Waals surface area contributed by atoms with Gasteiger partial charge in [0, 0.05) is 24.0 Å². The molecule has 0 radical (unpaired) electrons. The first kappa shape index (κ1) is 21.3. The standard InChI is InChI=1S/C24H21FN4O3S/c25-17-7-5-16(6-8-17)18-14-33-23-22(18)24(31)29(15-26-23)13-21(30)27-19-3-1-2-4-20(19)28-9-11-32-12-10-28/h1-8,14-15H,9-13H2,(H,27,30). The summed E-state index contributed by atoms with van der Waals surface area (Å²) in [5.41, 5.74) is 2.71. The molecule has 2 aromatic heterocycles. The number of anilines is 2. The number of carbonyl (C=O) groups excluding carboxylic acids is 1. The first-order valence-corrected chi connectivity index (χ1v) is 11.4. The highest BCUT2D eigenvalue weighted by Gasteiger charge is 2.18. The second-order valence-electron chi connectivity index (χ2n) is 7.68. The van der Waals surface area contributed by atoms with E-state index in [0.717, 1.165) is 24.3 Å². The normalized spacial score (nSPS) is 13.9. The molecule has 7 nitrogen and oxygen atoms in total. The van der Waals surface area contributed by atoms with Crippen molar-refractivity contribution in [3.8, 4) is 11.1 Å². The molecule has 0 saturated carbocycles. The molecular weight excluding hydrogens is 443 g/mol. The molecule has 1 saturated heterocycles. The summed E-state index contributed by atoms with van der Waals surface area (Å²) in [6.07, 6.45) is 1.39. The van der Waals surface area contributed by atoms with E-state index in [1.807, 2.05) is 29.6 Å². The van der Waals surface area contributed by atoms with Crippen LogP contribution < -0.4 is 15.8 Å². The number of nitrogens with zero attached hydrogens (tertiary/aromatic N) is 3. The zero-order valence-electron chi connectivity index (χ0n) is 17.7. The van der Waals surface area contributed by atoms with Gasteiger partial charge >= 0.3 is 0 Å². The highest BCUT2D eigenvalue weighted by molar-refractivity contribution is 7.17. The van der Waals surface area contributed by atoms with Gasteiger partial charge in [0.15, 0.2) is 0 Å². The van der Waals surface area contributed by atoms with Crippen LogP contribution in [0.3, 0.4) is 0 Å². The van der Waals surface area contributed by atoms with E-state index in [2.05, 4.69) is 15.2 Å². The summed E-state index contributed by atoms with van der Waals surface area (Å²) in [6, 6.07) is 13.6. The number of amides is 1. The van der Waals surface area contributed by atoms with E-state index < -0.39 is 0 Å². The fourth-order valence-corrected chi connectivity index (χ4v) is 4.83. The fraction of sp³-hybridized carbons (Fsp3) is 0.208. The van der Waals surface area contributed by atoms with E-state index in [1.54, 1.807) is 12.1 Å². The van der Waals surface area contributed by atoms with Crippen molar-refractivity contribution in [1.82, 2.24) is 9.55 Å². The van der Waals surface area contributed by atoms with Crippen LogP contribution in [-0.2, 0) is 16.1 Å².